The number of nitrogens with one attached hydrogen (secondary N) is 1. The number of rotatable bonds is 7. The van der Waals surface area contributed by atoms with E-state index in [4.69, 9.17) is 23.1 Å². The van der Waals surface area contributed by atoms with Crippen LogP contribution in [0.1, 0.15) is 43.5 Å². The van der Waals surface area contributed by atoms with Crippen LogP contribution in [0.25, 0.3) is 5.82 Å². The maximum Gasteiger partial charge on any atom is 0.453 e. The summed E-state index contributed by atoms with van der Waals surface area (Å²) in [5.41, 5.74) is 12.3. The lowest BCUT2D eigenvalue weighted by molar-refractivity contribution is -0.147. The minimum absolute atomic E-state index is 0.00463. The number of primary amides is 1. The first-order valence-electron chi connectivity index (χ1n) is 10.5. The van der Waals surface area contributed by atoms with Crippen molar-refractivity contribution in [3.8, 4) is 5.82 Å². The molecule has 192 valence electrons. The number of carbonyl (C=O) groups is 2. The standard InChI is InChI=1S/C21H18ClF3N10O2/c1-10-5-11(8-26)6-13(17(27)36)16(10)29-19(37)15-7-12(9-34-20(21(23,24)25)30-32-33-34)31-35(15)18-14(22)3-2-4-28-18/h2-7H,8-9,26H2,1H3,(H2,27,36)(H,29,37). The van der Waals surface area contributed by atoms with E-state index in [-0.39, 0.29) is 40.0 Å². The normalized spacial score (nSPS) is 11.5. The van der Waals surface area contributed by atoms with Gasteiger partial charge >= 0.3 is 6.18 Å². The Morgan fingerprint density at radius 1 is 1.22 bits per heavy atom. The van der Waals surface area contributed by atoms with Crippen molar-refractivity contribution in [2.45, 2.75) is 26.2 Å². The fourth-order valence-electron chi connectivity index (χ4n) is 3.55. The minimum Gasteiger partial charge on any atom is -0.366 e. The fourth-order valence-corrected chi connectivity index (χ4v) is 3.75. The Bertz CT molecular complexity index is 1500. The Labute approximate surface area is 211 Å². The number of tetrazole rings is 1. The topological polar surface area (TPSA) is 173 Å². The predicted molar refractivity (Wildman–Crippen MR) is 124 cm³/mol. The summed E-state index contributed by atoms with van der Waals surface area (Å²) in [6, 6.07) is 7.41. The number of halogens is 4. The van der Waals surface area contributed by atoms with Crippen LogP contribution >= 0.6 is 11.6 Å². The number of carbonyl (C=O) groups excluding carboxylic acids is 2. The molecule has 0 bridgehead atoms. The van der Waals surface area contributed by atoms with Crippen LogP contribution in [0.2, 0.25) is 5.02 Å². The van der Waals surface area contributed by atoms with Gasteiger partial charge in [-0.25, -0.2) is 14.3 Å². The summed E-state index contributed by atoms with van der Waals surface area (Å²) < 4.78 is 41.2. The molecule has 5 N–H and O–H groups in total. The molecule has 37 heavy (non-hydrogen) atoms. The Balaban J connectivity index is 1.78. The van der Waals surface area contributed by atoms with Gasteiger partial charge in [-0.2, -0.15) is 18.3 Å². The first-order chi connectivity index (χ1) is 17.5. The first kappa shape index (κ1) is 25.7. The van der Waals surface area contributed by atoms with Gasteiger partial charge in [0.1, 0.15) is 5.69 Å². The van der Waals surface area contributed by atoms with Gasteiger partial charge in [0, 0.05) is 12.7 Å². The quantitative estimate of drug-likeness (QED) is 0.323. The summed E-state index contributed by atoms with van der Waals surface area (Å²) in [5.74, 6) is -2.86. The number of aryl methyl sites for hydroxylation is 1. The first-order valence-corrected chi connectivity index (χ1v) is 10.8. The van der Waals surface area contributed by atoms with Crippen LogP contribution in [0, 0.1) is 6.92 Å². The van der Waals surface area contributed by atoms with Crippen molar-refractivity contribution >= 4 is 29.1 Å². The van der Waals surface area contributed by atoms with Gasteiger partial charge in [-0.15, -0.1) is 5.10 Å². The second-order valence-electron chi connectivity index (χ2n) is 7.76. The molecule has 3 heterocycles. The Morgan fingerprint density at radius 2 is 1.97 bits per heavy atom. The number of hydrogen-bond donors (Lipinski definition) is 3. The zero-order chi connectivity index (χ0) is 26.9. The molecule has 4 aromatic rings. The molecule has 0 fully saturated rings. The molecule has 0 spiro atoms. The molecule has 0 aliphatic carbocycles. The lowest BCUT2D eigenvalue weighted by Gasteiger charge is -2.14. The molecule has 4 rings (SSSR count). The number of nitrogens with zero attached hydrogens (tertiary/aromatic N) is 7. The number of benzene rings is 1. The van der Waals surface area contributed by atoms with E-state index in [1.165, 1.54) is 24.4 Å². The van der Waals surface area contributed by atoms with Crippen molar-refractivity contribution in [3.05, 3.63) is 75.5 Å². The third-order valence-corrected chi connectivity index (χ3v) is 5.46. The van der Waals surface area contributed by atoms with Crippen LogP contribution in [0.3, 0.4) is 0 Å². The molecule has 0 aliphatic heterocycles. The summed E-state index contributed by atoms with van der Waals surface area (Å²) in [6.45, 7) is 1.27. The van der Waals surface area contributed by atoms with Gasteiger partial charge in [0.2, 0.25) is 0 Å². The van der Waals surface area contributed by atoms with Gasteiger partial charge < -0.3 is 16.8 Å². The van der Waals surface area contributed by atoms with E-state index < -0.39 is 30.4 Å². The van der Waals surface area contributed by atoms with Crippen molar-refractivity contribution < 1.29 is 22.8 Å². The van der Waals surface area contributed by atoms with Crippen LogP contribution < -0.4 is 16.8 Å². The number of anilines is 1. The Morgan fingerprint density at radius 3 is 2.62 bits per heavy atom. The zero-order valence-electron chi connectivity index (χ0n) is 19.0. The molecule has 3 aromatic heterocycles. The van der Waals surface area contributed by atoms with Crippen LogP contribution in [0.15, 0.2) is 36.5 Å². The number of nitrogens with two attached hydrogens (primary N) is 2. The molecule has 0 atom stereocenters. The fraction of sp³-hybridized carbons (Fsp3) is 0.190. The van der Waals surface area contributed by atoms with Gasteiger partial charge in [-0.3, -0.25) is 9.59 Å². The second-order valence-corrected chi connectivity index (χ2v) is 8.16. The van der Waals surface area contributed by atoms with Gasteiger partial charge in [0.15, 0.2) is 5.82 Å². The maximum absolute atomic E-state index is 13.4. The summed E-state index contributed by atoms with van der Waals surface area (Å²) in [6.07, 6.45) is -3.41. The molecular formula is C21H18ClF3N10O2. The number of amides is 2. The monoisotopic (exact) mass is 534 g/mol. The van der Waals surface area contributed by atoms with Crippen LogP contribution in [-0.2, 0) is 19.3 Å². The van der Waals surface area contributed by atoms with E-state index in [0.29, 0.717) is 15.8 Å². The average molecular weight is 535 g/mol. The minimum atomic E-state index is -4.81. The van der Waals surface area contributed by atoms with E-state index in [1.807, 2.05) is 0 Å². The molecule has 1 aromatic carbocycles. The van der Waals surface area contributed by atoms with Crippen molar-refractivity contribution in [3.63, 3.8) is 0 Å². The van der Waals surface area contributed by atoms with Gasteiger partial charge in [0.25, 0.3) is 17.6 Å². The Kier molecular flexibility index (Phi) is 6.91. The van der Waals surface area contributed by atoms with E-state index in [2.05, 4.69) is 30.9 Å². The number of hydrogen-bond acceptors (Lipinski definition) is 8. The molecule has 16 heteroatoms. The van der Waals surface area contributed by atoms with E-state index >= 15 is 0 Å². The lowest BCUT2D eigenvalue weighted by Crippen LogP contribution is -2.22. The summed E-state index contributed by atoms with van der Waals surface area (Å²) >= 11 is 6.24. The Hall–Kier alpha value is -4.37. The SMILES string of the molecule is Cc1cc(CN)cc(C(N)=O)c1NC(=O)c1cc(Cn2nnnc2C(F)(F)F)nn1-c1ncccc1Cl. The maximum atomic E-state index is 13.4. The predicted octanol–water partition coefficient (Wildman–Crippen LogP) is 2.09. The largest absolute Gasteiger partial charge is 0.453 e. The van der Waals surface area contributed by atoms with Crippen molar-refractivity contribution in [2.24, 2.45) is 11.5 Å². The van der Waals surface area contributed by atoms with Gasteiger partial charge in [-0.1, -0.05) is 17.7 Å². The molecule has 0 aliphatic rings. The van der Waals surface area contributed by atoms with Crippen molar-refractivity contribution in [1.29, 1.82) is 0 Å². The van der Waals surface area contributed by atoms with E-state index in [1.54, 1.807) is 19.1 Å². The third kappa shape index (κ3) is 5.26. The molecule has 12 nitrogen and oxygen atoms in total. The zero-order valence-corrected chi connectivity index (χ0v) is 19.7. The number of aromatic nitrogens is 7. The van der Waals surface area contributed by atoms with Crippen LogP contribution in [0.4, 0.5) is 18.9 Å². The van der Waals surface area contributed by atoms with Crippen molar-refractivity contribution in [2.75, 3.05) is 5.32 Å². The summed E-state index contributed by atoms with van der Waals surface area (Å²) in [4.78, 5) is 29.6. The van der Waals surface area contributed by atoms with E-state index in [0.717, 1.165) is 4.68 Å². The molecule has 2 amide bonds. The molecule has 0 saturated heterocycles. The summed E-state index contributed by atoms with van der Waals surface area (Å²) in [7, 11) is 0. The third-order valence-electron chi connectivity index (χ3n) is 5.16. The number of pyridine rings is 1. The van der Waals surface area contributed by atoms with Gasteiger partial charge in [0.05, 0.1) is 28.5 Å². The highest BCUT2D eigenvalue weighted by Crippen LogP contribution is 2.28. The summed E-state index contributed by atoms with van der Waals surface area (Å²) in [5, 5.41) is 16.4. The molecule has 0 radical (unpaired) electrons. The van der Waals surface area contributed by atoms with Crippen molar-refractivity contribution in [1.82, 2.24) is 35.0 Å². The molecule has 0 saturated carbocycles. The highest BCUT2D eigenvalue weighted by atomic mass is 35.5. The van der Waals surface area contributed by atoms with Crippen LogP contribution in [0.5, 0.6) is 0 Å². The highest BCUT2D eigenvalue weighted by molar-refractivity contribution is 6.32. The highest BCUT2D eigenvalue weighted by Gasteiger charge is 2.38. The molecule has 0 unspecified atom stereocenters. The van der Waals surface area contributed by atoms with E-state index in [9.17, 15) is 22.8 Å². The average Bonchev–Trinajstić information content (AvgIpc) is 3.47. The smallest absolute Gasteiger partial charge is 0.366 e. The lowest BCUT2D eigenvalue weighted by atomic mass is 10.0. The molecular weight excluding hydrogens is 517 g/mol. The number of alkyl halides is 3. The van der Waals surface area contributed by atoms with Crippen LogP contribution in [-0.4, -0.2) is 46.8 Å². The second kappa shape index (κ2) is 9.94. The van der Waals surface area contributed by atoms with Gasteiger partial charge in [-0.05, 0) is 52.7 Å².